The Morgan fingerprint density at radius 1 is 1.10 bits per heavy atom. The van der Waals surface area contributed by atoms with Crippen molar-refractivity contribution in [3.8, 4) is 0 Å². The molecule has 0 radical (unpaired) electrons. The molecule has 0 unspecified atom stereocenters. The maximum absolute atomic E-state index is 4.55. The summed E-state index contributed by atoms with van der Waals surface area (Å²) in [6, 6.07) is 6.26. The fourth-order valence-corrected chi connectivity index (χ4v) is 2.33. The predicted molar refractivity (Wildman–Crippen MR) is 86.9 cm³/mol. The zero-order valence-electron chi connectivity index (χ0n) is 13.5. The van der Waals surface area contributed by atoms with Crippen molar-refractivity contribution in [1.82, 2.24) is 15.2 Å². The lowest BCUT2D eigenvalue weighted by molar-refractivity contribution is 0.313. The van der Waals surface area contributed by atoms with Crippen molar-refractivity contribution in [1.29, 1.82) is 0 Å². The molecule has 0 spiro atoms. The molecule has 0 aliphatic heterocycles. The molecular formula is C17H31N3. The molecule has 0 aromatic carbocycles. The molecule has 0 atom stereocenters. The van der Waals surface area contributed by atoms with E-state index in [1.165, 1.54) is 44.3 Å². The van der Waals surface area contributed by atoms with E-state index in [9.17, 15) is 0 Å². The lowest BCUT2D eigenvalue weighted by Gasteiger charge is -2.16. The summed E-state index contributed by atoms with van der Waals surface area (Å²) in [5.41, 5.74) is 2.28. The van der Waals surface area contributed by atoms with Gasteiger partial charge in [-0.1, -0.05) is 25.8 Å². The van der Waals surface area contributed by atoms with Gasteiger partial charge in [-0.2, -0.15) is 0 Å². The lowest BCUT2D eigenvalue weighted by Crippen LogP contribution is -2.20. The minimum atomic E-state index is 0.958. The second kappa shape index (κ2) is 10.8. The van der Waals surface area contributed by atoms with Gasteiger partial charge in [-0.3, -0.25) is 4.98 Å². The summed E-state index contributed by atoms with van der Waals surface area (Å²) >= 11 is 0. The molecule has 0 saturated carbocycles. The van der Waals surface area contributed by atoms with Gasteiger partial charge >= 0.3 is 0 Å². The van der Waals surface area contributed by atoms with Crippen LogP contribution in [-0.2, 0) is 6.54 Å². The van der Waals surface area contributed by atoms with Gasteiger partial charge < -0.3 is 10.2 Å². The molecule has 114 valence electrons. The highest BCUT2D eigenvalue weighted by Gasteiger charge is 2.01. The van der Waals surface area contributed by atoms with Crippen LogP contribution >= 0.6 is 0 Å². The Labute approximate surface area is 124 Å². The second-order valence-electron chi connectivity index (χ2n) is 5.67. The molecule has 1 aromatic rings. The molecule has 0 saturated heterocycles. The van der Waals surface area contributed by atoms with Crippen LogP contribution in [0.25, 0.3) is 0 Å². The number of pyridine rings is 1. The molecular weight excluding hydrogens is 246 g/mol. The van der Waals surface area contributed by atoms with E-state index in [0.717, 1.165) is 25.3 Å². The highest BCUT2D eigenvalue weighted by molar-refractivity contribution is 5.09. The molecule has 20 heavy (non-hydrogen) atoms. The first-order valence-electron chi connectivity index (χ1n) is 8.04. The summed E-state index contributed by atoms with van der Waals surface area (Å²) in [5, 5.41) is 3.45. The third-order valence-corrected chi connectivity index (χ3v) is 3.45. The average Bonchev–Trinajstić information content (AvgIpc) is 2.42. The number of nitrogens with zero attached hydrogens (tertiary/aromatic N) is 2. The van der Waals surface area contributed by atoms with Gasteiger partial charge in [-0.25, -0.2) is 0 Å². The quantitative estimate of drug-likeness (QED) is 0.629. The normalized spacial score (nSPS) is 11.2. The van der Waals surface area contributed by atoms with Gasteiger partial charge in [0.15, 0.2) is 0 Å². The van der Waals surface area contributed by atoms with Crippen LogP contribution in [0, 0.1) is 6.92 Å². The van der Waals surface area contributed by atoms with E-state index in [4.69, 9.17) is 0 Å². The van der Waals surface area contributed by atoms with Crippen molar-refractivity contribution in [2.75, 3.05) is 26.7 Å². The molecule has 3 nitrogen and oxygen atoms in total. The number of aryl methyl sites for hydroxylation is 1. The average molecular weight is 277 g/mol. The Bertz CT molecular complexity index is 352. The zero-order valence-corrected chi connectivity index (χ0v) is 13.5. The number of nitrogens with one attached hydrogen (secondary N) is 1. The van der Waals surface area contributed by atoms with Crippen LogP contribution in [-0.4, -0.2) is 36.6 Å². The Morgan fingerprint density at radius 3 is 2.65 bits per heavy atom. The largest absolute Gasteiger partial charge is 0.317 e. The van der Waals surface area contributed by atoms with Gasteiger partial charge in [0.2, 0.25) is 0 Å². The summed E-state index contributed by atoms with van der Waals surface area (Å²) in [6.07, 6.45) is 6.50. The van der Waals surface area contributed by atoms with Gasteiger partial charge in [0.1, 0.15) is 0 Å². The van der Waals surface area contributed by atoms with Crippen molar-refractivity contribution in [2.24, 2.45) is 0 Å². The number of hydrogen-bond acceptors (Lipinski definition) is 3. The highest BCUT2D eigenvalue weighted by atomic mass is 15.1. The van der Waals surface area contributed by atoms with Crippen LogP contribution in [0.15, 0.2) is 18.2 Å². The molecule has 3 heteroatoms. The summed E-state index contributed by atoms with van der Waals surface area (Å²) in [7, 11) is 2.19. The highest BCUT2D eigenvalue weighted by Crippen LogP contribution is 2.05. The van der Waals surface area contributed by atoms with Crippen LogP contribution in [0.5, 0.6) is 0 Å². The molecule has 1 N–H and O–H groups in total. The standard InChI is InChI=1S/C17H31N3/c1-4-12-18-13-7-5-6-8-14-20(3)15-17-11-9-10-16(2)19-17/h9-11,18H,4-8,12-15H2,1-3H3. The van der Waals surface area contributed by atoms with Crippen LogP contribution in [0.4, 0.5) is 0 Å². The Hall–Kier alpha value is -0.930. The first-order chi connectivity index (χ1) is 9.72. The monoisotopic (exact) mass is 277 g/mol. The predicted octanol–water partition coefficient (Wildman–Crippen LogP) is 3.38. The van der Waals surface area contributed by atoms with Gasteiger partial charge in [0.05, 0.1) is 5.69 Å². The zero-order chi connectivity index (χ0) is 14.6. The topological polar surface area (TPSA) is 28.2 Å². The molecule has 1 aromatic heterocycles. The fourth-order valence-electron chi connectivity index (χ4n) is 2.33. The van der Waals surface area contributed by atoms with E-state index < -0.39 is 0 Å². The Balaban J connectivity index is 2.01. The summed E-state index contributed by atoms with van der Waals surface area (Å²) < 4.78 is 0. The van der Waals surface area contributed by atoms with E-state index in [0.29, 0.717) is 0 Å². The number of unbranched alkanes of at least 4 members (excludes halogenated alkanes) is 3. The first-order valence-corrected chi connectivity index (χ1v) is 8.04. The molecule has 1 rings (SSSR count). The van der Waals surface area contributed by atoms with Crippen molar-refractivity contribution in [2.45, 2.75) is 52.5 Å². The van der Waals surface area contributed by atoms with Crippen LogP contribution < -0.4 is 5.32 Å². The molecule has 0 fully saturated rings. The Kier molecular flexibility index (Phi) is 9.25. The van der Waals surface area contributed by atoms with Gasteiger partial charge in [-0.15, -0.1) is 0 Å². The van der Waals surface area contributed by atoms with Crippen molar-refractivity contribution in [3.63, 3.8) is 0 Å². The molecule has 0 bridgehead atoms. The van der Waals surface area contributed by atoms with E-state index in [1.807, 2.05) is 0 Å². The first kappa shape index (κ1) is 17.1. The molecule has 0 aliphatic rings. The number of aromatic nitrogens is 1. The van der Waals surface area contributed by atoms with Crippen molar-refractivity contribution < 1.29 is 0 Å². The maximum Gasteiger partial charge on any atom is 0.0547 e. The van der Waals surface area contributed by atoms with E-state index in [-0.39, 0.29) is 0 Å². The van der Waals surface area contributed by atoms with E-state index >= 15 is 0 Å². The third kappa shape index (κ3) is 8.28. The van der Waals surface area contributed by atoms with Crippen LogP contribution in [0.3, 0.4) is 0 Å². The number of rotatable bonds is 11. The lowest BCUT2D eigenvalue weighted by atomic mass is 10.2. The van der Waals surface area contributed by atoms with Gasteiger partial charge in [0.25, 0.3) is 0 Å². The van der Waals surface area contributed by atoms with Gasteiger partial charge in [-0.05, 0) is 65.0 Å². The van der Waals surface area contributed by atoms with Crippen molar-refractivity contribution >= 4 is 0 Å². The van der Waals surface area contributed by atoms with Crippen molar-refractivity contribution in [3.05, 3.63) is 29.6 Å². The Morgan fingerprint density at radius 2 is 1.90 bits per heavy atom. The molecule has 0 amide bonds. The summed E-state index contributed by atoms with van der Waals surface area (Å²) in [6.45, 7) is 8.73. The van der Waals surface area contributed by atoms with E-state index in [2.05, 4.69) is 54.3 Å². The second-order valence-corrected chi connectivity index (χ2v) is 5.67. The fraction of sp³-hybridized carbons (Fsp3) is 0.706. The van der Waals surface area contributed by atoms with Crippen LogP contribution in [0.1, 0.15) is 50.4 Å². The summed E-state index contributed by atoms with van der Waals surface area (Å²) in [4.78, 5) is 6.92. The minimum absolute atomic E-state index is 0.958. The molecule has 0 aliphatic carbocycles. The SMILES string of the molecule is CCCNCCCCCCN(C)Cc1cccc(C)n1. The number of hydrogen-bond donors (Lipinski definition) is 1. The van der Waals surface area contributed by atoms with E-state index in [1.54, 1.807) is 0 Å². The summed E-state index contributed by atoms with van der Waals surface area (Å²) in [5.74, 6) is 0. The smallest absolute Gasteiger partial charge is 0.0547 e. The van der Waals surface area contributed by atoms with Crippen LogP contribution in [0.2, 0.25) is 0 Å². The maximum atomic E-state index is 4.55. The van der Waals surface area contributed by atoms with Gasteiger partial charge in [0, 0.05) is 12.2 Å². The molecule has 1 heterocycles. The third-order valence-electron chi connectivity index (χ3n) is 3.45. The minimum Gasteiger partial charge on any atom is -0.317 e.